The average molecular weight is 489 g/mol. The van der Waals surface area contributed by atoms with Crippen LogP contribution >= 0.6 is 7.82 Å². The topological polar surface area (TPSA) is 100 Å². The molecule has 11 heteroatoms. The lowest BCUT2D eigenvalue weighted by atomic mass is 10.4. The summed E-state index contributed by atoms with van der Waals surface area (Å²) in [6.45, 7) is 14.5. The van der Waals surface area contributed by atoms with Gasteiger partial charge in [-0.2, -0.15) is 0 Å². The summed E-state index contributed by atoms with van der Waals surface area (Å²) < 4.78 is 62.8. The van der Waals surface area contributed by atoms with Crippen molar-refractivity contribution in [2.24, 2.45) is 0 Å². The highest BCUT2D eigenvalue weighted by Gasteiger charge is 2.28. The number of ether oxygens (including phenoxy) is 6. The summed E-state index contributed by atoms with van der Waals surface area (Å²) in [7, 11) is -3.83. The molecule has 0 unspecified atom stereocenters. The second-order valence-corrected chi connectivity index (χ2v) is 8.00. The molecular formula is C21H45O10P. The highest BCUT2D eigenvalue weighted by Crippen LogP contribution is 2.50. The quantitative estimate of drug-likeness (QED) is 0.142. The third-order valence-electron chi connectivity index (χ3n) is 3.92. The monoisotopic (exact) mass is 488 g/mol. The summed E-state index contributed by atoms with van der Waals surface area (Å²) >= 11 is 0. The average Bonchev–Trinajstić information content (AvgIpc) is 2.75. The minimum atomic E-state index is -3.83. The third kappa shape index (κ3) is 16.5. The van der Waals surface area contributed by atoms with Crippen LogP contribution in [0.15, 0.2) is 0 Å². The first-order valence-electron chi connectivity index (χ1n) is 11.7. The Labute approximate surface area is 194 Å². The molecule has 0 aliphatic carbocycles. The molecular weight excluding hydrogens is 443 g/mol. The van der Waals surface area contributed by atoms with Gasteiger partial charge in [-0.05, 0) is 41.5 Å². The van der Waals surface area contributed by atoms with Crippen molar-refractivity contribution in [2.75, 3.05) is 59.5 Å². The van der Waals surface area contributed by atoms with Crippen molar-refractivity contribution in [1.29, 1.82) is 0 Å². The first-order valence-corrected chi connectivity index (χ1v) is 13.2. The summed E-state index contributed by atoms with van der Waals surface area (Å²) in [5, 5.41) is 0. The standard InChI is InChI=1S/C21H45O10P/c1-7-23-19(24-8-2)13-16-29-32(22,30-17-14-20(25-9-3)26-10-4)31-18-15-21(27-11-5)28-12-6/h19-21H,7-18H2,1-6H3. The van der Waals surface area contributed by atoms with E-state index in [9.17, 15) is 4.57 Å². The molecule has 0 heterocycles. The Bertz CT molecular complexity index is 374. The summed E-state index contributed by atoms with van der Waals surface area (Å²) in [5.41, 5.74) is 0. The van der Waals surface area contributed by atoms with Crippen molar-refractivity contribution in [1.82, 2.24) is 0 Å². The van der Waals surface area contributed by atoms with E-state index in [1.807, 2.05) is 41.5 Å². The molecule has 0 aliphatic rings. The first-order chi connectivity index (χ1) is 15.5. The zero-order valence-electron chi connectivity index (χ0n) is 20.7. The third-order valence-corrected chi connectivity index (χ3v) is 5.42. The summed E-state index contributed by atoms with van der Waals surface area (Å²) in [5.74, 6) is 0. The molecule has 0 rings (SSSR count). The number of hydrogen-bond donors (Lipinski definition) is 0. The van der Waals surface area contributed by atoms with Crippen LogP contribution in [0.25, 0.3) is 0 Å². The maximum absolute atomic E-state index is 13.2. The Balaban J connectivity index is 4.84. The van der Waals surface area contributed by atoms with E-state index in [4.69, 9.17) is 42.0 Å². The summed E-state index contributed by atoms with van der Waals surface area (Å²) in [4.78, 5) is 0. The SMILES string of the molecule is CCOC(CCOP(=O)(OCCC(OCC)OCC)OCCC(OCC)OCC)OCC. The molecule has 0 saturated heterocycles. The lowest BCUT2D eigenvalue weighted by Gasteiger charge is -2.23. The molecule has 0 aromatic carbocycles. The molecule has 0 aromatic heterocycles. The van der Waals surface area contributed by atoms with E-state index >= 15 is 0 Å². The van der Waals surface area contributed by atoms with Crippen molar-refractivity contribution in [3.05, 3.63) is 0 Å². The predicted molar refractivity (Wildman–Crippen MR) is 120 cm³/mol. The van der Waals surface area contributed by atoms with Gasteiger partial charge in [-0.1, -0.05) is 0 Å². The second kappa shape index (κ2) is 21.4. The Morgan fingerprint density at radius 3 is 0.875 bits per heavy atom. The van der Waals surface area contributed by atoms with Gasteiger partial charge in [0.2, 0.25) is 0 Å². The van der Waals surface area contributed by atoms with Gasteiger partial charge in [0.25, 0.3) is 0 Å². The lowest BCUT2D eigenvalue weighted by molar-refractivity contribution is -0.147. The smallest absolute Gasteiger partial charge is 0.353 e. The van der Waals surface area contributed by atoms with Gasteiger partial charge in [-0.25, -0.2) is 4.57 Å². The fourth-order valence-electron chi connectivity index (χ4n) is 2.65. The van der Waals surface area contributed by atoms with Crippen LogP contribution in [-0.2, 0) is 46.6 Å². The van der Waals surface area contributed by atoms with Gasteiger partial charge in [-0.15, -0.1) is 0 Å². The van der Waals surface area contributed by atoms with Gasteiger partial charge in [0.15, 0.2) is 18.9 Å². The Morgan fingerprint density at radius 2 is 0.688 bits per heavy atom. The molecule has 0 atom stereocenters. The van der Waals surface area contributed by atoms with Crippen LogP contribution in [0.5, 0.6) is 0 Å². The minimum Gasteiger partial charge on any atom is -0.353 e. The van der Waals surface area contributed by atoms with Gasteiger partial charge in [0.1, 0.15) is 0 Å². The van der Waals surface area contributed by atoms with E-state index in [0.29, 0.717) is 58.9 Å². The normalized spacial score (nSPS) is 12.5. The Kier molecular flexibility index (Phi) is 21.3. The molecule has 0 radical (unpaired) electrons. The molecule has 0 aromatic rings. The molecule has 10 nitrogen and oxygen atoms in total. The van der Waals surface area contributed by atoms with E-state index in [1.54, 1.807) is 0 Å². The number of phosphoric ester groups is 1. The summed E-state index contributed by atoms with van der Waals surface area (Å²) in [6, 6.07) is 0. The van der Waals surface area contributed by atoms with Crippen LogP contribution in [-0.4, -0.2) is 78.3 Å². The molecule has 0 spiro atoms. The lowest BCUT2D eigenvalue weighted by Crippen LogP contribution is -2.21. The van der Waals surface area contributed by atoms with E-state index in [1.165, 1.54) is 0 Å². The van der Waals surface area contributed by atoms with E-state index in [2.05, 4.69) is 0 Å². The van der Waals surface area contributed by atoms with Crippen molar-refractivity contribution in [2.45, 2.75) is 79.7 Å². The maximum atomic E-state index is 13.2. The van der Waals surface area contributed by atoms with Crippen LogP contribution in [0.1, 0.15) is 60.8 Å². The van der Waals surface area contributed by atoms with Crippen LogP contribution < -0.4 is 0 Å². The van der Waals surface area contributed by atoms with Crippen molar-refractivity contribution < 1.29 is 46.6 Å². The number of rotatable bonds is 24. The largest absolute Gasteiger partial charge is 0.474 e. The number of hydrogen-bond acceptors (Lipinski definition) is 10. The molecule has 194 valence electrons. The van der Waals surface area contributed by atoms with Gasteiger partial charge < -0.3 is 28.4 Å². The van der Waals surface area contributed by atoms with Crippen LogP contribution in [0, 0.1) is 0 Å². The molecule has 0 aliphatic heterocycles. The van der Waals surface area contributed by atoms with E-state index < -0.39 is 26.7 Å². The Hall–Kier alpha value is -0.130. The van der Waals surface area contributed by atoms with Crippen molar-refractivity contribution in [3.8, 4) is 0 Å². The fourth-order valence-corrected chi connectivity index (χ4v) is 3.86. The van der Waals surface area contributed by atoms with Crippen molar-refractivity contribution >= 4 is 7.82 Å². The van der Waals surface area contributed by atoms with Crippen LogP contribution in [0.2, 0.25) is 0 Å². The first kappa shape index (κ1) is 31.9. The number of phosphoric acid groups is 1. The Morgan fingerprint density at radius 1 is 0.469 bits per heavy atom. The van der Waals surface area contributed by atoms with Crippen LogP contribution in [0.4, 0.5) is 0 Å². The zero-order chi connectivity index (χ0) is 24.1. The molecule has 0 bridgehead atoms. The fraction of sp³-hybridized carbons (Fsp3) is 1.00. The molecule has 0 saturated carbocycles. The van der Waals surface area contributed by atoms with Gasteiger partial charge >= 0.3 is 7.82 Å². The maximum Gasteiger partial charge on any atom is 0.474 e. The molecule has 0 N–H and O–H groups in total. The zero-order valence-corrected chi connectivity index (χ0v) is 21.6. The molecule has 0 amide bonds. The highest BCUT2D eigenvalue weighted by atomic mass is 31.2. The van der Waals surface area contributed by atoms with E-state index in [0.717, 1.165) is 0 Å². The van der Waals surface area contributed by atoms with Gasteiger partial charge in [-0.3, -0.25) is 13.6 Å². The van der Waals surface area contributed by atoms with Gasteiger partial charge in [0, 0.05) is 58.9 Å². The molecule has 32 heavy (non-hydrogen) atoms. The van der Waals surface area contributed by atoms with Crippen molar-refractivity contribution in [3.63, 3.8) is 0 Å². The van der Waals surface area contributed by atoms with Crippen LogP contribution in [0.3, 0.4) is 0 Å². The highest BCUT2D eigenvalue weighted by molar-refractivity contribution is 7.48. The summed E-state index contributed by atoms with van der Waals surface area (Å²) in [6.07, 6.45) is -0.171. The predicted octanol–water partition coefficient (Wildman–Crippen LogP) is 4.51. The second-order valence-electron chi connectivity index (χ2n) is 6.33. The van der Waals surface area contributed by atoms with E-state index in [-0.39, 0.29) is 19.8 Å². The molecule has 0 fully saturated rings. The minimum absolute atomic E-state index is 0.0860. The van der Waals surface area contributed by atoms with Gasteiger partial charge in [0.05, 0.1) is 19.8 Å².